The van der Waals surface area contributed by atoms with Crippen LogP contribution in [0.25, 0.3) is 11.0 Å². The minimum Gasteiger partial charge on any atom is -0.367 e. The maximum Gasteiger partial charge on any atom is 0.120 e. The molecule has 3 heterocycles. The molecule has 1 aromatic heterocycles. The molecular weight excluding hydrogens is 256 g/mol. The molecule has 0 saturated carbocycles. The van der Waals surface area contributed by atoms with Gasteiger partial charge in [0.15, 0.2) is 0 Å². The van der Waals surface area contributed by atoms with E-state index < -0.39 is 0 Å². The maximum atomic E-state index is 4.87. The Bertz CT molecular complexity index is 584. The van der Waals surface area contributed by atoms with E-state index in [9.17, 15) is 0 Å². The molecule has 2 aliphatic rings. The van der Waals surface area contributed by atoms with Gasteiger partial charge in [0.05, 0.1) is 16.5 Å². The van der Waals surface area contributed by atoms with Crippen LogP contribution in [-0.2, 0) is 0 Å². The molecule has 4 nitrogen and oxygen atoms in total. The third kappa shape index (κ3) is 2.01. The van der Waals surface area contributed by atoms with Crippen LogP contribution in [0.1, 0.15) is 17.5 Å². The lowest BCUT2D eigenvalue weighted by molar-refractivity contribution is 0.590. The fourth-order valence-electron chi connectivity index (χ4n) is 2.80. The summed E-state index contributed by atoms with van der Waals surface area (Å²) in [7, 11) is 0. The van der Waals surface area contributed by atoms with Crippen molar-refractivity contribution in [2.24, 2.45) is 0 Å². The lowest BCUT2D eigenvalue weighted by Crippen LogP contribution is -2.43. The fourth-order valence-corrected chi connectivity index (χ4v) is 3.54. The molecule has 19 heavy (non-hydrogen) atoms. The number of aromatic nitrogens is 2. The third-order valence-corrected chi connectivity index (χ3v) is 5.30. The van der Waals surface area contributed by atoms with Crippen molar-refractivity contribution < 1.29 is 0 Å². The van der Waals surface area contributed by atoms with Gasteiger partial charge in [-0.05, 0) is 24.3 Å². The van der Waals surface area contributed by atoms with E-state index in [1.54, 1.807) is 0 Å². The van der Waals surface area contributed by atoms with Gasteiger partial charge < -0.3 is 15.2 Å². The summed E-state index contributed by atoms with van der Waals surface area (Å²) in [4.78, 5) is 10.8. The van der Waals surface area contributed by atoms with Gasteiger partial charge in [0.1, 0.15) is 11.3 Å². The zero-order chi connectivity index (χ0) is 12.7. The van der Waals surface area contributed by atoms with Crippen LogP contribution in [0.15, 0.2) is 18.2 Å². The number of para-hydroxylation sites is 1. The number of anilines is 1. The zero-order valence-electron chi connectivity index (χ0n) is 10.9. The minimum absolute atomic E-state index is 0.586. The summed E-state index contributed by atoms with van der Waals surface area (Å²) in [5.41, 5.74) is 3.61. The van der Waals surface area contributed by atoms with Crippen LogP contribution in [0.4, 0.5) is 5.69 Å². The molecule has 1 atom stereocenters. The molecule has 2 saturated heterocycles. The first kappa shape index (κ1) is 11.6. The Morgan fingerprint density at radius 3 is 2.84 bits per heavy atom. The first-order valence-electron chi connectivity index (χ1n) is 6.98. The summed E-state index contributed by atoms with van der Waals surface area (Å²) in [5, 5.41) is 3.99. The largest absolute Gasteiger partial charge is 0.367 e. The average molecular weight is 274 g/mol. The second-order valence-electron chi connectivity index (χ2n) is 5.18. The van der Waals surface area contributed by atoms with Crippen molar-refractivity contribution in [3.8, 4) is 0 Å². The number of H-pyrrole nitrogens is 1. The molecule has 2 aliphatic heterocycles. The Balaban J connectivity index is 1.74. The molecule has 1 unspecified atom stereocenters. The van der Waals surface area contributed by atoms with Gasteiger partial charge in [-0.25, -0.2) is 4.98 Å². The average Bonchev–Trinajstić information content (AvgIpc) is 2.80. The number of fused-ring (bicyclic) bond motifs is 1. The van der Waals surface area contributed by atoms with E-state index in [-0.39, 0.29) is 0 Å². The standard InChI is InChI=1S/C14H18N4S/c1-2-10-13(17-14(16-10)12-4-9-19-12)11(3-1)18-7-5-15-6-8-18/h1-3,12,15H,4-9H2,(H,16,17). The second kappa shape index (κ2) is 4.72. The molecule has 0 aliphatic carbocycles. The highest BCUT2D eigenvalue weighted by molar-refractivity contribution is 8.00. The normalized spacial score (nSPS) is 23.6. The lowest BCUT2D eigenvalue weighted by Gasteiger charge is -2.29. The molecule has 100 valence electrons. The molecule has 1 aromatic carbocycles. The van der Waals surface area contributed by atoms with E-state index >= 15 is 0 Å². The number of benzene rings is 1. The lowest BCUT2D eigenvalue weighted by atomic mass is 10.2. The highest BCUT2D eigenvalue weighted by Gasteiger charge is 2.24. The van der Waals surface area contributed by atoms with Gasteiger partial charge in [0.2, 0.25) is 0 Å². The summed E-state index contributed by atoms with van der Waals surface area (Å²) in [6.07, 6.45) is 1.26. The van der Waals surface area contributed by atoms with Crippen molar-refractivity contribution in [3.63, 3.8) is 0 Å². The second-order valence-corrected chi connectivity index (χ2v) is 6.49. The van der Waals surface area contributed by atoms with Crippen molar-refractivity contribution in [3.05, 3.63) is 24.0 Å². The summed E-state index contributed by atoms with van der Waals surface area (Å²) in [6.45, 7) is 4.26. The van der Waals surface area contributed by atoms with Crippen molar-refractivity contribution in [2.75, 3.05) is 36.8 Å². The quantitative estimate of drug-likeness (QED) is 0.881. The summed E-state index contributed by atoms with van der Waals surface area (Å²) < 4.78 is 0. The summed E-state index contributed by atoms with van der Waals surface area (Å²) >= 11 is 2.00. The van der Waals surface area contributed by atoms with E-state index in [2.05, 4.69) is 33.4 Å². The van der Waals surface area contributed by atoms with Crippen LogP contribution in [0.2, 0.25) is 0 Å². The SMILES string of the molecule is c1cc(N2CCNCC2)c2nc(C3CCS3)[nH]c2c1. The first-order chi connectivity index (χ1) is 9.42. The van der Waals surface area contributed by atoms with Crippen molar-refractivity contribution in [1.82, 2.24) is 15.3 Å². The fraction of sp³-hybridized carbons (Fsp3) is 0.500. The molecule has 0 spiro atoms. The Labute approximate surface area is 117 Å². The number of hydrogen-bond acceptors (Lipinski definition) is 4. The molecule has 2 aromatic rings. The van der Waals surface area contributed by atoms with E-state index in [4.69, 9.17) is 4.98 Å². The van der Waals surface area contributed by atoms with E-state index in [1.807, 2.05) is 11.8 Å². The van der Waals surface area contributed by atoms with Gasteiger partial charge in [-0.1, -0.05) is 6.07 Å². The number of imidazole rings is 1. The van der Waals surface area contributed by atoms with Crippen LogP contribution in [-0.4, -0.2) is 41.9 Å². The van der Waals surface area contributed by atoms with Gasteiger partial charge >= 0.3 is 0 Å². The van der Waals surface area contributed by atoms with Gasteiger partial charge in [0, 0.05) is 26.2 Å². The van der Waals surface area contributed by atoms with Crippen LogP contribution >= 0.6 is 11.8 Å². The third-order valence-electron chi connectivity index (χ3n) is 3.97. The monoisotopic (exact) mass is 274 g/mol. The number of thioether (sulfide) groups is 1. The predicted molar refractivity (Wildman–Crippen MR) is 81.0 cm³/mol. The van der Waals surface area contributed by atoms with Crippen molar-refractivity contribution in [2.45, 2.75) is 11.7 Å². The van der Waals surface area contributed by atoms with Gasteiger partial charge in [-0.2, -0.15) is 11.8 Å². The number of hydrogen-bond donors (Lipinski definition) is 2. The highest BCUT2D eigenvalue weighted by atomic mass is 32.2. The number of rotatable bonds is 2. The summed E-state index contributed by atoms with van der Waals surface area (Å²) in [5.74, 6) is 2.43. The van der Waals surface area contributed by atoms with Gasteiger partial charge in [-0.3, -0.25) is 0 Å². The topological polar surface area (TPSA) is 44.0 Å². The Morgan fingerprint density at radius 2 is 2.11 bits per heavy atom. The number of nitrogens with one attached hydrogen (secondary N) is 2. The Hall–Kier alpha value is -1.20. The van der Waals surface area contributed by atoms with Crippen LogP contribution in [0.5, 0.6) is 0 Å². The van der Waals surface area contributed by atoms with Gasteiger partial charge in [-0.15, -0.1) is 0 Å². The maximum absolute atomic E-state index is 4.87. The molecule has 0 radical (unpaired) electrons. The summed E-state index contributed by atoms with van der Waals surface area (Å²) in [6, 6.07) is 6.47. The molecule has 2 fully saturated rings. The molecule has 5 heteroatoms. The Kier molecular flexibility index (Phi) is 2.89. The molecule has 0 amide bonds. The van der Waals surface area contributed by atoms with Crippen molar-refractivity contribution in [1.29, 1.82) is 0 Å². The number of nitrogens with zero attached hydrogens (tertiary/aromatic N) is 2. The molecule has 2 N–H and O–H groups in total. The zero-order valence-corrected chi connectivity index (χ0v) is 11.7. The molecular formula is C14H18N4S. The van der Waals surface area contributed by atoms with Crippen molar-refractivity contribution >= 4 is 28.5 Å². The number of piperazine rings is 1. The first-order valence-corrected chi connectivity index (χ1v) is 8.02. The predicted octanol–water partition coefficient (Wildman–Crippen LogP) is 2.15. The van der Waals surface area contributed by atoms with Crippen LogP contribution in [0, 0.1) is 0 Å². The van der Waals surface area contributed by atoms with Gasteiger partial charge in [0.25, 0.3) is 0 Å². The smallest absolute Gasteiger partial charge is 0.120 e. The van der Waals surface area contributed by atoms with Crippen LogP contribution < -0.4 is 10.2 Å². The number of aromatic amines is 1. The minimum atomic E-state index is 0.586. The Morgan fingerprint density at radius 1 is 1.26 bits per heavy atom. The highest BCUT2D eigenvalue weighted by Crippen LogP contribution is 2.42. The van der Waals surface area contributed by atoms with E-state index in [1.165, 1.54) is 23.4 Å². The molecule has 4 rings (SSSR count). The molecule has 0 bridgehead atoms. The van der Waals surface area contributed by atoms with E-state index in [0.29, 0.717) is 5.25 Å². The van der Waals surface area contributed by atoms with E-state index in [0.717, 1.165) is 37.5 Å². The van der Waals surface area contributed by atoms with Crippen LogP contribution in [0.3, 0.4) is 0 Å².